The average Bonchev–Trinajstić information content (AvgIpc) is 2.96. The van der Waals surface area contributed by atoms with E-state index >= 15 is 0 Å². The molecule has 2 aromatic rings. The van der Waals surface area contributed by atoms with E-state index in [9.17, 15) is 0 Å². The molecular weight excluding hydrogens is 274 g/mol. The van der Waals surface area contributed by atoms with Crippen LogP contribution in [0.4, 0.5) is 0 Å². The summed E-state index contributed by atoms with van der Waals surface area (Å²) in [5.74, 6) is 1.18. The molecule has 0 unspecified atom stereocenters. The molecule has 110 valence electrons. The van der Waals surface area contributed by atoms with Gasteiger partial charge in [0, 0.05) is 18.5 Å². The zero-order valence-electron chi connectivity index (χ0n) is 12.4. The molecule has 0 saturated carbocycles. The molecule has 7 heteroatoms. The van der Waals surface area contributed by atoms with Gasteiger partial charge in [-0.1, -0.05) is 17.8 Å². The lowest BCUT2D eigenvalue weighted by Gasteiger charge is -2.19. The molecule has 0 bridgehead atoms. The molecular formula is C13H21N5OS. The average molecular weight is 295 g/mol. The second kappa shape index (κ2) is 6.41. The zero-order valence-corrected chi connectivity index (χ0v) is 13.3. The smallest absolute Gasteiger partial charge is 0.261 e. The standard InChI is InChI=1S/C13H21N5OS/c1-5-6-9-11(20-18-15-9)12-17-16-10(19-12)7-8-14-13(2,3)4/h14H,5-8H2,1-4H3. The Balaban J connectivity index is 2.00. The minimum Gasteiger partial charge on any atom is -0.420 e. The fourth-order valence-corrected chi connectivity index (χ4v) is 2.39. The van der Waals surface area contributed by atoms with Crippen molar-refractivity contribution < 1.29 is 4.42 Å². The van der Waals surface area contributed by atoms with Crippen LogP contribution in [-0.2, 0) is 12.8 Å². The van der Waals surface area contributed by atoms with Crippen molar-refractivity contribution in [3.8, 4) is 10.8 Å². The Labute approximate surface area is 123 Å². The normalized spacial score (nSPS) is 12.0. The van der Waals surface area contributed by atoms with Crippen molar-refractivity contribution in [3.63, 3.8) is 0 Å². The number of rotatable bonds is 6. The predicted molar refractivity (Wildman–Crippen MR) is 78.7 cm³/mol. The number of nitrogens with zero attached hydrogens (tertiary/aromatic N) is 4. The molecule has 2 heterocycles. The first-order chi connectivity index (χ1) is 9.49. The Hall–Kier alpha value is -1.34. The van der Waals surface area contributed by atoms with Gasteiger partial charge in [0.25, 0.3) is 5.89 Å². The van der Waals surface area contributed by atoms with Gasteiger partial charge >= 0.3 is 0 Å². The van der Waals surface area contributed by atoms with Gasteiger partial charge in [0.2, 0.25) is 5.89 Å². The number of aryl methyl sites for hydroxylation is 1. The van der Waals surface area contributed by atoms with Crippen LogP contribution >= 0.6 is 11.5 Å². The molecule has 0 aliphatic heterocycles. The Morgan fingerprint density at radius 2 is 1.95 bits per heavy atom. The lowest BCUT2D eigenvalue weighted by Crippen LogP contribution is -2.37. The number of hydrogen-bond donors (Lipinski definition) is 1. The fourth-order valence-electron chi connectivity index (χ4n) is 1.76. The van der Waals surface area contributed by atoms with Crippen LogP contribution in [0.3, 0.4) is 0 Å². The number of hydrogen-bond acceptors (Lipinski definition) is 7. The van der Waals surface area contributed by atoms with Gasteiger partial charge < -0.3 is 9.73 Å². The summed E-state index contributed by atoms with van der Waals surface area (Å²) in [6.45, 7) is 9.32. The summed E-state index contributed by atoms with van der Waals surface area (Å²) < 4.78 is 9.67. The van der Waals surface area contributed by atoms with E-state index in [2.05, 4.69) is 52.8 Å². The van der Waals surface area contributed by atoms with Crippen LogP contribution in [0.5, 0.6) is 0 Å². The molecule has 0 aromatic carbocycles. The lowest BCUT2D eigenvalue weighted by molar-refractivity contribution is 0.412. The second-order valence-electron chi connectivity index (χ2n) is 5.73. The first-order valence-corrected chi connectivity index (χ1v) is 7.66. The van der Waals surface area contributed by atoms with Gasteiger partial charge in [0.15, 0.2) is 0 Å². The van der Waals surface area contributed by atoms with E-state index < -0.39 is 0 Å². The van der Waals surface area contributed by atoms with Crippen LogP contribution in [0.15, 0.2) is 4.42 Å². The van der Waals surface area contributed by atoms with Crippen molar-refractivity contribution in [1.82, 2.24) is 25.1 Å². The third-order valence-electron chi connectivity index (χ3n) is 2.70. The minimum atomic E-state index is 0.0960. The van der Waals surface area contributed by atoms with Gasteiger partial charge in [-0.2, -0.15) is 0 Å². The fraction of sp³-hybridized carbons (Fsp3) is 0.692. The molecule has 0 fully saturated rings. The molecule has 6 nitrogen and oxygen atoms in total. The molecule has 20 heavy (non-hydrogen) atoms. The van der Waals surface area contributed by atoms with Crippen molar-refractivity contribution in [1.29, 1.82) is 0 Å². The van der Waals surface area contributed by atoms with Gasteiger partial charge in [-0.05, 0) is 38.7 Å². The summed E-state index contributed by atoms with van der Waals surface area (Å²) >= 11 is 1.31. The topological polar surface area (TPSA) is 76.7 Å². The molecule has 0 saturated heterocycles. The van der Waals surface area contributed by atoms with E-state index in [1.54, 1.807) is 0 Å². The van der Waals surface area contributed by atoms with Crippen LogP contribution in [0.2, 0.25) is 0 Å². The second-order valence-corrected chi connectivity index (χ2v) is 6.48. The quantitative estimate of drug-likeness (QED) is 0.882. The summed E-state index contributed by atoms with van der Waals surface area (Å²) in [4.78, 5) is 0.898. The molecule has 0 aliphatic carbocycles. The Morgan fingerprint density at radius 1 is 1.15 bits per heavy atom. The number of aromatic nitrogens is 4. The van der Waals surface area contributed by atoms with Crippen LogP contribution in [-0.4, -0.2) is 31.9 Å². The highest BCUT2D eigenvalue weighted by Crippen LogP contribution is 2.25. The highest BCUT2D eigenvalue weighted by Gasteiger charge is 2.16. The Kier molecular flexibility index (Phi) is 4.82. The van der Waals surface area contributed by atoms with E-state index in [4.69, 9.17) is 4.42 Å². The third-order valence-corrected chi connectivity index (χ3v) is 3.45. The largest absolute Gasteiger partial charge is 0.420 e. The summed E-state index contributed by atoms with van der Waals surface area (Å²) in [7, 11) is 0. The van der Waals surface area contributed by atoms with Crippen LogP contribution in [0.1, 0.15) is 45.7 Å². The molecule has 0 spiro atoms. The van der Waals surface area contributed by atoms with Crippen molar-refractivity contribution in [2.75, 3.05) is 6.54 Å². The van der Waals surface area contributed by atoms with Crippen molar-refractivity contribution in [2.45, 2.75) is 52.5 Å². The maximum atomic E-state index is 5.70. The predicted octanol–water partition coefficient (Wildman–Crippen LogP) is 2.47. The van der Waals surface area contributed by atoms with E-state index in [-0.39, 0.29) is 5.54 Å². The number of nitrogens with one attached hydrogen (secondary N) is 1. The van der Waals surface area contributed by atoms with Crippen LogP contribution in [0.25, 0.3) is 10.8 Å². The van der Waals surface area contributed by atoms with Gasteiger partial charge in [0.1, 0.15) is 4.88 Å². The van der Waals surface area contributed by atoms with Gasteiger partial charge in [-0.25, -0.2) is 0 Å². The first kappa shape index (κ1) is 15.1. The SMILES string of the molecule is CCCc1nnsc1-c1nnc(CCNC(C)(C)C)o1. The summed E-state index contributed by atoms with van der Waals surface area (Å²) in [5, 5.41) is 15.7. The maximum Gasteiger partial charge on any atom is 0.261 e. The molecule has 0 radical (unpaired) electrons. The van der Waals surface area contributed by atoms with Crippen molar-refractivity contribution in [3.05, 3.63) is 11.6 Å². The van der Waals surface area contributed by atoms with E-state index in [0.717, 1.165) is 36.4 Å². The van der Waals surface area contributed by atoms with Crippen LogP contribution < -0.4 is 5.32 Å². The van der Waals surface area contributed by atoms with E-state index in [0.29, 0.717) is 11.8 Å². The molecule has 0 atom stereocenters. The molecule has 2 aromatic heterocycles. The van der Waals surface area contributed by atoms with Gasteiger partial charge in [0.05, 0.1) is 5.69 Å². The summed E-state index contributed by atoms with van der Waals surface area (Å²) in [6.07, 6.45) is 2.63. The molecule has 0 amide bonds. The molecule has 1 N–H and O–H groups in total. The maximum absolute atomic E-state index is 5.70. The summed E-state index contributed by atoms with van der Waals surface area (Å²) in [6, 6.07) is 0. The van der Waals surface area contributed by atoms with E-state index in [1.165, 1.54) is 11.5 Å². The monoisotopic (exact) mass is 295 g/mol. The Morgan fingerprint density at radius 3 is 2.65 bits per heavy atom. The minimum absolute atomic E-state index is 0.0960. The lowest BCUT2D eigenvalue weighted by atomic mass is 10.1. The highest BCUT2D eigenvalue weighted by molar-refractivity contribution is 7.09. The van der Waals surface area contributed by atoms with E-state index in [1.807, 2.05) is 0 Å². The van der Waals surface area contributed by atoms with Crippen LogP contribution in [0, 0.1) is 0 Å². The molecule has 2 rings (SSSR count). The zero-order chi connectivity index (χ0) is 14.6. The third kappa shape index (κ3) is 4.08. The molecule has 0 aliphatic rings. The first-order valence-electron chi connectivity index (χ1n) is 6.88. The van der Waals surface area contributed by atoms with Crippen molar-refractivity contribution >= 4 is 11.5 Å². The van der Waals surface area contributed by atoms with Crippen molar-refractivity contribution in [2.24, 2.45) is 0 Å². The highest BCUT2D eigenvalue weighted by atomic mass is 32.1. The summed E-state index contributed by atoms with van der Waals surface area (Å²) in [5.41, 5.74) is 1.04. The van der Waals surface area contributed by atoms with Gasteiger partial charge in [-0.15, -0.1) is 15.3 Å². The van der Waals surface area contributed by atoms with Gasteiger partial charge in [-0.3, -0.25) is 0 Å². The Bertz CT molecular complexity index is 543.